The third-order valence-corrected chi connectivity index (χ3v) is 3.75. The van der Waals surface area contributed by atoms with Crippen LogP contribution in [0.25, 0.3) is 0 Å². The molecule has 0 aromatic heterocycles. The SMILES string of the molecule is C=CCSCCNC(=NCc1ccccc1C)NCC. The van der Waals surface area contributed by atoms with Crippen LogP contribution in [0.4, 0.5) is 0 Å². The monoisotopic (exact) mass is 291 g/mol. The summed E-state index contributed by atoms with van der Waals surface area (Å²) in [4.78, 5) is 4.63. The van der Waals surface area contributed by atoms with Crippen molar-refractivity contribution in [1.82, 2.24) is 10.6 Å². The van der Waals surface area contributed by atoms with Crippen molar-refractivity contribution in [2.24, 2.45) is 4.99 Å². The number of hydrogen-bond acceptors (Lipinski definition) is 2. The molecule has 0 unspecified atom stereocenters. The van der Waals surface area contributed by atoms with Crippen molar-refractivity contribution < 1.29 is 0 Å². The lowest BCUT2D eigenvalue weighted by Gasteiger charge is -2.11. The second-order valence-electron chi connectivity index (χ2n) is 4.41. The number of benzene rings is 1. The summed E-state index contributed by atoms with van der Waals surface area (Å²) in [6.45, 7) is 10.4. The van der Waals surface area contributed by atoms with Crippen LogP contribution < -0.4 is 10.6 Å². The minimum atomic E-state index is 0.710. The third-order valence-electron chi connectivity index (χ3n) is 2.79. The maximum atomic E-state index is 4.63. The van der Waals surface area contributed by atoms with Gasteiger partial charge >= 0.3 is 0 Å². The minimum Gasteiger partial charge on any atom is -0.357 e. The first kappa shape index (κ1) is 16.6. The van der Waals surface area contributed by atoms with Crippen molar-refractivity contribution in [3.8, 4) is 0 Å². The van der Waals surface area contributed by atoms with Gasteiger partial charge in [-0.3, -0.25) is 0 Å². The van der Waals surface area contributed by atoms with Crippen LogP contribution in [-0.4, -0.2) is 30.6 Å². The number of hydrogen-bond donors (Lipinski definition) is 2. The largest absolute Gasteiger partial charge is 0.357 e. The molecule has 3 nitrogen and oxygen atoms in total. The Morgan fingerprint density at radius 1 is 1.35 bits per heavy atom. The Labute approximate surface area is 127 Å². The standard InChI is InChI=1S/C16H25N3S/c1-4-11-20-12-10-18-16(17-5-2)19-13-15-9-7-6-8-14(15)3/h4,6-9H,1,5,10-13H2,2-3H3,(H2,17,18,19). The van der Waals surface area contributed by atoms with Gasteiger partial charge in [0.05, 0.1) is 6.54 Å². The molecule has 2 N–H and O–H groups in total. The van der Waals surface area contributed by atoms with E-state index in [2.05, 4.69) is 60.3 Å². The first-order chi connectivity index (χ1) is 9.77. The summed E-state index contributed by atoms with van der Waals surface area (Å²) in [6, 6.07) is 8.37. The molecule has 0 saturated carbocycles. The molecule has 0 radical (unpaired) electrons. The smallest absolute Gasteiger partial charge is 0.191 e. The zero-order valence-corrected chi connectivity index (χ0v) is 13.3. The van der Waals surface area contributed by atoms with E-state index in [0.29, 0.717) is 6.54 Å². The molecule has 0 saturated heterocycles. The van der Waals surface area contributed by atoms with Gasteiger partial charge in [-0.15, -0.1) is 6.58 Å². The summed E-state index contributed by atoms with van der Waals surface area (Å²) in [5.74, 6) is 2.94. The summed E-state index contributed by atoms with van der Waals surface area (Å²) >= 11 is 1.87. The summed E-state index contributed by atoms with van der Waals surface area (Å²) in [6.07, 6.45) is 1.93. The van der Waals surface area contributed by atoms with Crippen LogP contribution in [0, 0.1) is 6.92 Å². The molecule has 0 amide bonds. The topological polar surface area (TPSA) is 36.4 Å². The molecule has 0 atom stereocenters. The molecule has 0 fully saturated rings. The van der Waals surface area contributed by atoms with Crippen molar-refractivity contribution in [3.63, 3.8) is 0 Å². The number of aryl methyl sites for hydroxylation is 1. The van der Waals surface area contributed by atoms with Gasteiger partial charge in [-0.2, -0.15) is 11.8 Å². The lowest BCUT2D eigenvalue weighted by molar-refractivity contribution is 0.842. The van der Waals surface area contributed by atoms with E-state index in [4.69, 9.17) is 0 Å². The molecule has 0 bridgehead atoms. The first-order valence-corrected chi connectivity index (χ1v) is 8.18. The molecule has 0 spiro atoms. The van der Waals surface area contributed by atoms with E-state index in [-0.39, 0.29) is 0 Å². The van der Waals surface area contributed by atoms with Gasteiger partial charge in [-0.25, -0.2) is 4.99 Å². The molecular weight excluding hydrogens is 266 g/mol. The third kappa shape index (κ3) is 6.66. The van der Waals surface area contributed by atoms with Gasteiger partial charge in [0.1, 0.15) is 0 Å². The normalized spacial score (nSPS) is 11.2. The molecule has 0 aliphatic heterocycles. The van der Waals surface area contributed by atoms with Crippen LogP contribution in [0.1, 0.15) is 18.1 Å². The van der Waals surface area contributed by atoms with Gasteiger partial charge < -0.3 is 10.6 Å². The number of aliphatic imine (C=N–C) groups is 1. The Hall–Kier alpha value is -1.42. The van der Waals surface area contributed by atoms with Crippen LogP contribution in [0.3, 0.4) is 0 Å². The quantitative estimate of drug-likeness (QED) is 0.335. The summed E-state index contributed by atoms with van der Waals surface area (Å²) in [5, 5.41) is 6.63. The fraction of sp³-hybridized carbons (Fsp3) is 0.438. The van der Waals surface area contributed by atoms with E-state index >= 15 is 0 Å². The number of guanidine groups is 1. The first-order valence-electron chi connectivity index (χ1n) is 7.03. The van der Waals surface area contributed by atoms with Crippen LogP contribution >= 0.6 is 11.8 Å². The highest BCUT2D eigenvalue weighted by molar-refractivity contribution is 7.99. The molecule has 4 heteroatoms. The number of nitrogens with one attached hydrogen (secondary N) is 2. The molecule has 20 heavy (non-hydrogen) atoms. The maximum absolute atomic E-state index is 4.63. The number of nitrogens with zero attached hydrogens (tertiary/aromatic N) is 1. The molecule has 1 rings (SSSR count). The van der Waals surface area contributed by atoms with Crippen LogP contribution in [0.15, 0.2) is 41.9 Å². The number of rotatable bonds is 8. The Morgan fingerprint density at radius 2 is 2.15 bits per heavy atom. The Morgan fingerprint density at radius 3 is 2.85 bits per heavy atom. The summed E-state index contributed by atoms with van der Waals surface area (Å²) in [5.41, 5.74) is 2.55. The van der Waals surface area contributed by atoms with E-state index in [0.717, 1.165) is 30.6 Å². The van der Waals surface area contributed by atoms with Crippen LogP contribution in [0.2, 0.25) is 0 Å². The maximum Gasteiger partial charge on any atom is 0.191 e. The predicted molar refractivity (Wildman–Crippen MR) is 91.5 cm³/mol. The Balaban J connectivity index is 2.46. The van der Waals surface area contributed by atoms with E-state index in [9.17, 15) is 0 Å². The summed E-state index contributed by atoms with van der Waals surface area (Å²) in [7, 11) is 0. The van der Waals surface area contributed by atoms with Gasteiger partial charge in [-0.05, 0) is 25.0 Å². The van der Waals surface area contributed by atoms with Gasteiger partial charge in [0.2, 0.25) is 0 Å². The zero-order chi connectivity index (χ0) is 14.6. The van der Waals surface area contributed by atoms with Crippen LogP contribution in [0.5, 0.6) is 0 Å². The second-order valence-corrected chi connectivity index (χ2v) is 5.56. The number of thioether (sulfide) groups is 1. The van der Waals surface area contributed by atoms with Gasteiger partial charge in [0.15, 0.2) is 5.96 Å². The zero-order valence-electron chi connectivity index (χ0n) is 12.5. The average molecular weight is 291 g/mol. The second kappa shape index (κ2) is 10.4. The highest BCUT2D eigenvalue weighted by atomic mass is 32.2. The fourth-order valence-corrected chi connectivity index (χ4v) is 2.28. The van der Waals surface area contributed by atoms with Crippen molar-refractivity contribution in [3.05, 3.63) is 48.0 Å². The van der Waals surface area contributed by atoms with Gasteiger partial charge in [0.25, 0.3) is 0 Å². The molecular formula is C16H25N3S. The molecule has 110 valence electrons. The molecule has 0 aliphatic carbocycles. The predicted octanol–water partition coefficient (Wildman–Crippen LogP) is 2.97. The van der Waals surface area contributed by atoms with Crippen molar-refractivity contribution in [1.29, 1.82) is 0 Å². The highest BCUT2D eigenvalue weighted by Gasteiger charge is 1.99. The van der Waals surface area contributed by atoms with E-state index < -0.39 is 0 Å². The summed E-state index contributed by atoms with van der Waals surface area (Å²) < 4.78 is 0. The molecule has 1 aromatic rings. The van der Waals surface area contributed by atoms with E-state index in [1.165, 1.54) is 11.1 Å². The van der Waals surface area contributed by atoms with Crippen molar-refractivity contribution in [2.45, 2.75) is 20.4 Å². The van der Waals surface area contributed by atoms with Gasteiger partial charge in [0, 0.05) is 24.6 Å². The van der Waals surface area contributed by atoms with Gasteiger partial charge in [-0.1, -0.05) is 30.3 Å². The Bertz CT molecular complexity index is 429. The van der Waals surface area contributed by atoms with Crippen molar-refractivity contribution >= 4 is 17.7 Å². The van der Waals surface area contributed by atoms with Crippen molar-refractivity contribution in [2.75, 3.05) is 24.6 Å². The average Bonchev–Trinajstić information content (AvgIpc) is 2.46. The lowest BCUT2D eigenvalue weighted by atomic mass is 10.1. The van der Waals surface area contributed by atoms with E-state index in [1.807, 2.05) is 17.8 Å². The van der Waals surface area contributed by atoms with Crippen LogP contribution in [-0.2, 0) is 6.54 Å². The molecule has 1 aromatic carbocycles. The molecule has 0 heterocycles. The van der Waals surface area contributed by atoms with E-state index in [1.54, 1.807) is 0 Å². The lowest BCUT2D eigenvalue weighted by Crippen LogP contribution is -2.38. The molecule has 0 aliphatic rings. The Kier molecular flexibility index (Phi) is 8.63. The minimum absolute atomic E-state index is 0.710. The fourth-order valence-electron chi connectivity index (χ4n) is 1.70. The highest BCUT2D eigenvalue weighted by Crippen LogP contribution is 2.07.